The second-order valence-electron chi connectivity index (χ2n) is 8.32. The van der Waals surface area contributed by atoms with Crippen LogP contribution in [0.1, 0.15) is 103 Å². The van der Waals surface area contributed by atoms with Gasteiger partial charge in [-0.25, -0.2) is 4.79 Å². The lowest BCUT2D eigenvalue weighted by atomic mass is 10.0. The second-order valence-corrected chi connectivity index (χ2v) is 12.7. The van der Waals surface area contributed by atoms with Crippen molar-refractivity contribution in [3.63, 3.8) is 0 Å². The summed E-state index contributed by atoms with van der Waals surface area (Å²) >= 11 is 0. The quantitative estimate of drug-likeness (QED) is 0.149. The SMILES string of the molecule is CCCCCCCCCCCCCCCCC=CC(=O)O[Si](C)(C)C. The van der Waals surface area contributed by atoms with Gasteiger partial charge in [-0.05, 0) is 32.5 Å². The fraction of sp³-hybridized carbons (Fsp3) is 0.864. The Kier molecular flexibility index (Phi) is 16.5. The van der Waals surface area contributed by atoms with Gasteiger partial charge in [0.05, 0.1) is 0 Å². The molecule has 0 aromatic heterocycles. The van der Waals surface area contributed by atoms with E-state index in [1.807, 2.05) is 25.7 Å². The van der Waals surface area contributed by atoms with Crippen molar-refractivity contribution in [1.82, 2.24) is 0 Å². The van der Waals surface area contributed by atoms with Crippen LogP contribution in [0, 0.1) is 0 Å². The molecule has 0 aliphatic carbocycles. The van der Waals surface area contributed by atoms with Gasteiger partial charge in [0.1, 0.15) is 0 Å². The van der Waals surface area contributed by atoms with E-state index in [0.29, 0.717) is 0 Å². The molecule has 0 fully saturated rings. The third-order valence-electron chi connectivity index (χ3n) is 4.39. The maximum absolute atomic E-state index is 11.5. The van der Waals surface area contributed by atoms with Crippen molar-refractivity contribution in [2.24, 2.45) is 0 Å². The molecule has 0 atom stereocenters. The number of rotatable bonds is 17. The zero-order valence-corrected chi connectivity index (χ0v) is 18.6. The van der Waals surface area contributed by atoms with Crippen molar-refractivity contribution >= 4 is 14.3 Å². The summed E-state index contributed by atoms with van der Waals surface area (Å²) in [6.07, 6.45) is 24.0. The molecule has 3 heteroatoms. The third-order valence-corrected chi connectivity index (χ3v) is 5.20. The molecule has 0 saturated heterocycles. The highest BCUT2D eigenvalue weighted by molar-refractivity contribution is 6.71. The van der Waals surface area contributed by atoms with Crippen molar-refractivity contribution < 1.29 is 9.22 Å². The average Bonchev–Trinajstić information content (AvgIpc) is 2.53. The van der Waals surface area contributed by atoms with Crippen LogP contribution in [-0.2, 0) is 9.22 Å². The summed E-state index contributed by atoms with van der Waals surface area (Å²) in [7, 11) is -1.73. The molecular formula is C22H44O2Si. The summed E-state index contributed by atoms with van der Waals surface area (Å²) in [5.41, 5.74) is 0. The lowest BCUT2D eigenvalue weighted by Crippen LogP contribution is -2.28. The molecular weight excluding hydrogens is 324 g/mol. The third kappa shape index (κ3) is 21.4. The predicted octanol–water partition coefficient (Wildman–Crippen LogP) is 7.79. The van der Waals surface area contributed by atoms with Gasteiger partial charge in [-0.15, -0.1) is 0 Å². The zero-order valence-electron chi connectivity index (χ0n) is 17.6. The maximum atomic E-state index is 11.5. The fourth-order valence-corrected chi connectivity index (χ4v) is 3.64. The van der Waals surface area contributed by atoms with Crippen molar-refractivity contribution in [2.45, 2.75) is 123 Å². The highest BCUT2D eigenvalue weighted by Crippen LogP contribution is 2.13. The second kappa shape index (κ2) is 16.9. The highest BCUT2D eigenvalue weighted by Gasteiger charge is 2.17. The smallest absolute Gasteiger partial charge is 0.317 e. The van der Waals surface area contributed by atoms with Crippen LogP contribution in [-0.4, -0.2) is 14.3 Å². The van der Waals surface area contributed by atoms with Gasteiger partial charge < -0.3 is 4.43 Å². The van der Waals surface area contributed by atoms with Crippen LogP contribution < -0.4 is 0 Å². The van der Waals surface area contributed by atoms with Crippen molar-refractivity contribution in [3.05, 3.63) is 12.2 Å². The fourth-order valence-electron chi connectivity index (χ4n) is 2.97. The molecule has 25 heavy (non-hydrogen) atoms. The van der Waals surface area contributed by atoms with Crippen molar-refractivity contribution in [2.75, 3.05) is 0 Å². The summed E-state index contributed by atoms with van der Waals surface area (Å²) < 4.78 is 5.38. The van der Waals surface area contributed by atoms with Crippen LogP contribution in [0.15, 0.2) is 12.2 Å². The van der Waals surface area contributed by atoms with Crippen LogP contribution in [0.25, 0.3) is 0 Å². The van der Waals surface area contributed by atoms with Gasteiger partial charge in [0, 0.05) is 6.08 Å². The summed E-state index contributed by atoms with van der Waals surface area (Å²) in [5.74, 6) is -0.162. The topological polar surface area (TPSA) is 26.3 Å². The Morgan fingerprint density at radius 2 is 1.12 bits per heavy atom. The molecule has 0 rings (SSSR count). The van der Waals surface area contributed by atoms with Gasteiger partial charge in [0.25, 0.3) is 0 Å². The van der Waals surface area contributed by atoms with E-state index < -0.39 is 8.32 Å². The van der Waals surface area contributed by atoms with Gasteiger partial charge in [-0.1, -0.05) is 96.5 Å². The molecule has 0 saturated carbocycles. The first-order valence-electron chi connectivity index (χ1n) is 10.8. The van der Waals surface area contributed by atoms with Gasteiger partial charge in [0.15, 0.2) is 0 Å². The Hall–Kier alpha value is -0.573. The largest absolute Gasteiger partial charge is 0.517 e. The lowest BCUT2D eigenvalue weighted by Gasteiger charge is -2.15. The van der Waals surface area contributed by atoms with Crippen LogP contribution in [0.4, 0.5) is 0 Å². The van der Waals surface area contributed by atoms with Gasteiger partial charge >= 0.3 is 5.97 Å². The van der Waals surface area contributed by atoms with E-state index in [1.54, 1.807) is 6.08 Å². The Bertz CT molecular complexity index is 331. The molecule has 148 valence electrons. The molecule has 0 bridgehead atoms. The van der Waals surface area contributed by atoms with Crippen LogP contribution in [0.2, 0.25) is 19.6 Å². The molecule has 0 aliphatic rings. The Morgan fingerprint density at radius 1 is 0.720 bits per heavy atom. The Morgan fingerprint density at radius 3 is 1.52 bits per heavy atom. The zero-order chi connectivity index (χ0) is 18.8. The van der Waals surface area contributed by atoms with E-state index in [1.165, 1.54) is 89.9 Å². The number of carbonyl (C=O) groups excluding carboxylic acids is 1. The minimum Gasteiger partial charge on any atom is -0.517 e. The van der Waals surface area contributed by atoms with E-state index in [4.69, 9.17) is 4.43 Å². The summed E-state index contributed by atoms with van der Waals surface area (Å²) in [4.78, 5) is 11.5. The number of carbonyl (C=O) groups is 1. The molecule has 0 aromatic carbocycles. The summed E-state index contributed by atoms with van der Waals surface area (Å²) in [5, 5.41) is 0. The minimum atomic E-state index is -1.73. The van der Waals surface area contributed by atoms with Gasteiger partial charge in [-0.2, -0.15) is 0 Å². The molecule has 2 nitrogen and oxygen atoms in total. The van der Waals surface area contributed by atoms with Crippen LogP contribution in [0.5, 0.6) is 0 Å². The predicted molar refractivity (Wildman–Crippen MR) is 114 cm³/mol. The first-order valence-corrected chi connectivity index (χ1v) is 14.3. The summed E-state index contributed by atoms with van der Waals surface area (Å²) in [6.45, 7) is 8.38. The molecule has 0 aromatic rings. The Balaban J connectivity index is 3.22. The monoisotopic (exact) mass is 368 g/mol. The highest BCUT2D eigenvalue weighted by atomic mass is 28.4. The van der Waals surface area contributed by atoms with Gasteiger partial charge in [-0.3, -0.25) is 0 Å². The Labute approximate surface area is 158 Å². The first-order chi connectivity index (χ1) is 12.0. The van der Waals surface area contributed by atoms with Crippen LogP contribution >= 0.6 is 0 Å². The molecule has 0 amide bonds. The van der Waals surface area contributed by atoms with E-state index in [9.17, 15) is 4.79 Å². The standard InChI is InChI=1S/C22H44O2Si/c1-5-6-7-8-9-10-11-12-13-14-15-16-17-18-19-20-21-22(23)24-25(2,3)4/h20-21H,5-19H2,1-4H3. The molecule has 0 spiro atoms. The van der Waals surface area contributed by atoms with E-state index in [2.05, 4.69) is 6.92 Å². The minimum absolute atomic E-state index is 0.162. The molecule has 0 N–H and O–H groups in total. The van der Waals surface area contributed by atoms with E-state index in [0.717, 1.165) is 6.42 Å². The normalized spacial score (nSPS) is 12.0. The molecule has 0 aliphatic heterocycles. The lowest BCUT2D eigenvalue weighted by molar-refractivity contribution is -0.129. The molecule has 0 heterocycles. The van der Waals surface area contributed by atoms with E-state index in [-0.39, 0.29) is 5.97 Å². The maximum Gasteiger partial charge on any atom is 0.317 e. The number of allylic oxidation sites excluding steroid dienone is 1. The van der Waals surface area contributed by atoms with Crippen LogP contribution in [0.3, 0.4) is 0 Å². The van der Waals surface area contributed by atoms with E-state index >= 15 is 0 Å². The summed E-state index contributed by atoms with van der Waals surface area (Å²) in [6, 6.07) is 0. The number of unbranched alkanes of at least 4 members (excludes halogenated alkanes) is 14. The molecule has 0 unspecified atom stereocenters. The first kappa shape index (κ1) is 24.4. The van der Waals surface area contributed by atoms with Gasteiger partial charge in [0.2, 0.25) is 8.32 Å². The average molecular weight is 369 g/mol. The number of hydrogen-bond donors (Lipinski definition) is 0. The molecule has 0 radical (unpaired) electrons. The number of hydrogen-bond acceptors (Lipinski definition) is 2. The van der Waals surface area contributed by atoms with Crippen molar-refractivity contribution in [3.8, 4) is 0 Å². The van der Waals surface area contributed by atoms with Crippen molar-refractivity contribution in [1.29, 1.82) is 0 Å².